The predicted molar refractivity (Wildman–Crippen MR) is 187 cm³/mol. The number of benzene rings is 7. The van der Waals surface area contributed by atoms with Gasteiger partial charge in [-0.15, -0.1) is 0 Å². The molecule has 9 aromatic rings. The van der Waals surface area contributed by atoms with E-state index in [2.05, 4.69) is 91.0 Å². The molecule has 0 N–H and O–H groups in total. The van der Waals surface area contributed by atoms with Crippen LogP contribution in [0.25, 0.3) is 88.4 Å². The Kier molecular flexibility index (Phi) is 5.88. The minimum absolute atomic E-state index is 0.641. The Morgan fingerprint density at radius 2 is 0.891 bits per heavy atom. The smallest absolute Gasteiger partial charge is 0.135 e. The summed E-state index contributed by atoms with van der Waals surface area (Å²) in [5, 5.41) is 14.6. The molecule has 2 aromatic heterocycles. The second-order valence-electron chi connectivity index (χ2n) is 11.6. The highest BCUT2D eigenvalue weighted by Crippen LogP contribution is 2.46. The van der Waals surface area contributed by atoms with Crippen molar-refractivity contribution in [2.45, 2.75) is 0 Å². The van der Waals surface area contributed by atoms with Gasteiger partial charge in [-0.2, -0.15) is 5.26 Å². The van der Waals surface area contributed by atoms with Crippen LogP contribution in [0.2, 0.25) is 0 Å². The molecule has 0 spiro atoms. The van der Waals surface area contributed by atoms with Gasteiger partial charge in [-0.3, -0.25) is 0 Å². The highest BCUT2D eigenvalue weighted by Gasteiger charge is 2.21. The van der Waals surface area contributed by atoms with E-state index in [0.717, 1.165) is 88.4 Å². The van der Waals surface area contributed by atoms with Crippen LogP contribution >= 0.6 is 0 Å². The van der Waals surface area contributed by atoms with Crippen LogP contribution in [-0.2, 0) is 0 Å². The standard InChI is InChI=1S/C43H25NO2/c44-26-30-12-8-16-34(42(30)27-10-2-1-3-11-27)35-17-9-15-31(28-20-22-40-36(24-28)32-13-4-6-18-38(32)45-40)43(35)29-21-23-41-37(25-29)33-14-5-7-19-39(33)46-41/h1-25H. The minimum atomic E-state index is 0.641. The molecule has 0 saturated heterocycles. The lowest BCUT2D eigenvalue weighted by atomic mass is 9.83. The van der Waals surface area contributed by atoms with Crippen molar-refractivity contribution in [1.29, 1.82) is 5.26 Å². The third-order valence-electron chi connectivity index (χ3n) is 8.96. The van der Waals surface area contributed by atoms with E-state index in [0.29, 0.717) is 5.56 Å². The van der Waals surface area contributed by atoms with Crippen molar-refractivity contribution in [2.24, 2.45) is 0 Å². The zero-order chi connectivity index (χ0) is 30.6. The SMILES string of the molecule is N#Cc1cccc(-c2cccc(-c3ccc4oc5ccccc5c4c3)c2-c2ccc3oc4ccccc4c3c2)c1-c1ccccc1. The third-order valence-corrected chi connectivity index (χ3v) is 8.96. The summed E-state index contributed by atoms with van der Waals surface area (Å²) >= 11 is 0. The summed E-state index contributed by atoms with van der Waals surface area (Å²) in [5.41, 5.74) is 12.4. The molecule has 7 aromatic carbocycles. The van der Waals surface area contributed by atoms with Gasteiger partial charge in [0.05, 0.1) is 11.6 Å². The van der Waals surface area contributed by atoms with Crippen molar-refractivity contribution >= 4 is 43.9 Å². The van der Waals surface area contributed by atoms with Crippen LogP contribution in [-0.4, -0.2) is 0 Å². The molecule has 214 valence electrons. The molecule has 0 aliphatic carbocycles. The van der Waals surface area contributed by atoms with Gasteiger partial charge in [-0.25, -0.2) is 0 Å². The molecule has 0 fully saturated rings. The van der Waals surface area contributed by atoms with E-state index in [-0.39, 0.29) is 0 Å². The summed E-state index contributed by atoms with van der Waals surface area (Å²) in [4.78, 5) is 0. The highest BCUT2D eigenvalue weighted by molar-refractivity contribution is 6.10. The Morgan fingerprint density at radius 3 is 1.57 bits per heavy atom. The van der Waals surface area contributed by atoms with Crippen molar-refractivity contribution in [1.82, 2.24) is 0 Å². The van der Waals surface area contributed by atoms with Crippen LogP contribution in [0, 0.1) is 11.3 Å². The highest BCUT2D eigenvalue weighted by atomic mass is 16.3. The lowest BCUT2D eigenvalue weighted by Crippen LogP contribution is -1.95. The van der Waals surface area contributed by atoms with Gasteiger partial charge >= 0.3 is 0 Å². The van der Waals surface area contributed by atoms with Gasteiger partial charge in [-0.05, 0) is 81.4 Å². The molecule has 46 heavy (non-hydrogen) atoms. The Hall–Kier alpha value is -6.37. The van der Waals surface area contributed by atoms with Crippen LogP contribution in [0.1, 0.15) is 5.56 Å². The number of furan rings is 2. The van der Waals surface area contributed by atoms with Crippen LogP contribution in [0.3, 0.4) is 0 Å². The number of hydrogen-bond donors (Lipinski definition) is 0. The van der Waals surface area contributed by atoms with Gasteiger partial charge in [0.1, 0.15) is 22.3 Å². The number of nitriles is 1. The number of hydrogen-bond acceptors (Lipinski definition) is 3. The molecular weight excluding hydrogens is 562 g/mol. The van der Waals surface area contributed by atoms with Crippen molar-refractivity contribution in [3.8, 4) is 50.6 Å². The van der Waals surface area contributed by atoms with Gasteiger partial charge in [0.15, 0.2) is 0 Å². The Morgan fingerprint density at radius 1 is 0.370 bits per heavy atom. The molecule has 0 atom stereocenters. The molecule has 3 nitrogen and oxygen atoms in total. The third kappa shape index (κ3) is 4.05. The summed E-state index contributed by atoms with van der Waals surface area (Å²) < 4.78 is 12.4. The summed E-state index contributed by atoms with van der Waals surface area (Å²) in [7, 11) is 0. The van der Waals surface area contributed by atoms with Crippen LogP contribution in [0.4, 0.5) is 0 Å². The summed E-state index contributed by atoms with van der Waals surface area (Å²) in [5.74, 6) is 0. The van der Waals surface area contributed by atoms with Gasteiger partial charge in [-0.1, -0.05) is 109 Å². The molecule has 0 unspecified atom stereocenters. The maximum absolute atomic E-state index is 10.3. The average Bonchev–Trinajstić information content (AvgIpc) is 3.69. The van der Waals surface area contributed by atoms with Gasteiger partial charge in [0.25, 0.3) is 0 Å². The van der Waals surface area contributed by atoms with Crippen molar-refractivity contribution < 1.29 is 8.83 Å². The van der Waals surface area contributed by atoms with E-state index in [1.807, 2.05) is 66.7 Å². The first kappa shape index (κ1) is 26.1. The number of para-hydroxylation sites is 2. The van der Waals surface area contributed by atoms with E-state index in [9.17, 15) is 5.26 Å². The fraction of sp³-hybridized carbons (Fsp3) is 0. The minimum Gasteiger partial charge on any atom is -0.456 e. The first-order chi connectivity index (χ1) is 22.8. The van der Waals surface area contributed by atoms with Crippen molar-refractivity contribution in [3.63, 3.8) is 0 Å². The monoisotopic (exact) mass is 587 g/mol. The quantitative estimate of drug-likeness (QED) is 0.206. The maximum atomic E-state index is 10.3. The molecule has 0 radical (unpaired) electrons. The molecule has 0 aliphatic rings. The summed E-state index contributed by atoms with van der Waals surface area (Å²) in [6.45, 7) is 0. The van der Waals surface area contributed by atoms with E-state index >= 15 is 0 Å². The topological polar surface area (TPSA) is 50.1 Å². The zero-order valence-electron chi connectivity index (χ0n) is 24.7. The fourth-order valence-electron chi connectivity index (χ4n) is 6.89. The fourth-order valence-corrected chi connectivity index (χ4v) is 6.89. The molecule has 0 saturated carbocycles. The van der Waals surface area contributed by atoms with Gasteiger partial charge < -0.3 is 8.83 Å². The Balaban J connectivity index is 1.37. The molecule has 0 bridgehead atoms. The van der Waals surface area contributed by atoms with Crippen LogP contribution in [0.5, 0.6) is 0 Å². The molecule has 3 heteroatoms. The van der Waals surface area contributed by atoms with Crippen molar-refractivity contribution in [2.75, 3.05) is 0 Å². The van der Waals surface area contributed by atoms with Gasteiger partial charge in [0.2, 0.25) is 0 Å². The number of nitrogens with zero attached hydrogens (tertiary/aromatic N) is 1. The van der Waals surface area contributed by atoms with Gasteiger partial charge in [0, 0.05) is 27.1 Å². The average molecular weight is 588 g/mol. The van der Waals surface area contributed by atoms with Crippen molar-refractivity contribution in [3.05, 3.63) is 157 Å². The molecule has 0 aliphatic heterocycles. The molecular formula is C43H25NO2. The molecule has 2 heterocycles. The van der Waals surface area contributed by atoms with E-state index < -0.39 is 0 Å². The lowest BCUT2D eigenvalue weighted by Gasteiger charge is -2.19. The Bertz CT molecular complexity index is 2650. The maximum Gasteiger partial charge on any atom is 0.135 e. The largest absolute Gasteiger partial charge is 0.456 e. The Labute approximate surface area is 265 Å². The second-order valence-corrected chi connectivity index (χ2v) is 11.6. The van der Waals surface area contributed by atoms with E-state index in [4.69, 9.17) is 8.83 Å². The van der Waals surface area contributed by atoms with E-state index in [1.54, 1.807) is 0 Å². The summed E-state index contributed by atoms with van der Waals surface area (Å²) in [6.07, 6.45) is 0. The normalized spacial score (nSPS) is 11.5. The van der Waals surface area contributed by atoms with Crippen LogP contribution in [0.15, 0.2) is 160 Å². The molecule has 9 rings (SSSR count). The van der Waals surface area contributed by atoms with Crippen LogP contribution < -0.4 is 0 Å². The first-order valence-corrected chi connectivity index (χ1v) is 15.3. The second kappa shape index (κ2) is 10.4. The lowest BCUT2D eigenvalue weighted by molar-refractivity contribution is 0.668. The van der Waals surface area contributed by atoms with E-state index in [1.165, 1.54) is 0 Å². The number of rotatable bonds is 4. The first-order valence-electron chi connectivity index (χ1n) is 15.3. The predicted octanol–water partition coefficient (Wildman–Crippen LogP) is 12.0. The zero-order valence-corrected chi connectivity index (χ0v) is 24.7. The summed E-state index contributed by atoms with van der Waals surface area (Å²) in [6, 6.07) is 54.4. The number of fused-ring (bicyclic) bond motifs is 6. The molecule has 0 amide bonds.